The van der Waals surface area contributed by atoms with Crippen molar-refractivity contribution >= 4 is 23.1 Å². The molecule has 4 rings (SSSR count). The molecule has 2 aliphatic rings. The van der Waals surface area contributed by atoms with E-state index in [0.29, 0.717) is 17.3 Å². The molecule has 11 heteroatoms. The first kappa shape index (κ1) is 24.6. The molecule has 188 valence electrons. The van der Waals surface area contributed by atoms with Gasteiger partial charge in [0.1, 0.15) is 17.6 Å². The normalized spacial score (nSPS) is 21.1. The maximum absolute atomic E-state index is 13.4. The number of methoxy groups -OCH3 is 1. The summed E-state index contributed by atoms with van der Waals surface area (Å²) >= 11 is 0. The van der Waals surface area contributed by atoms with Crippen LogP contribution in [-0.2, 0) is 4.79 Å². The van der Waals surface area contributed by atoms with Crippen LogP contribution in [0.5, 0.6) is 11.6 Å². The SMILES string of the molecule is COc1cc(N2CCC(Oc3ccc(N4N=C(C(F)(F)F)[C@@H](C)[C@@H]4CC(=O)O)cc3)CC2)ccn1. The first-order valence-electron chi connectivity index (χ1n) is 11.3. The van der Waals surface area contributed by atoms with E-state index < -0.39 is 36.2 Å². The van der Waals surface area contributed by atoms with Crippen molar-refractivity contribution in [2.45, 2.75) is 44.5 Å². The molecule has 0 aliphatic carbocycles. The summed E-state index contributed by atoms with van der Waals surface area (Å²) in [5, 5.41) is 14.1. The van der Waals surface area contributed by atoms with Gasteiger partial charge in [-0.1, -0.05) is 6.92 Å². The minimum Gasteiger partial charge on any atom is -0.490 e. The van der Waals surface area contributed by atoms with Crippen LogP contribution in [0.25, 0.3) is 0 Å². The number of hydrazone groups is 1. The lowest BCUT2D eigenvalue weighted by Gasteiger charge is -2.33. The second kappa shape index (κ2) is 10.0. The largest absolute Gasteiger partial charge is 0.490 e. The molecule has 35 heavy (non-hydrogen) atoms. The van der Waals surface area contributed by atoms with Crippen molar-refractivity contribution in [3.8, 4) is 11.6 Å². The predicted octanol–water partition coefficient (Wildman–Crippen LogP) is 4.36. The number of piperidine rings is 1. The maximum Gasteiger partial charge on any atom is 0.431 e. The van der Waals surface area contributed by atoms with Crippen molar-refractivity contribution in [2.24, 2.45) is 11.0 Å². The smallest absolute Gasteiger partial charge is 0.431 e. The molecule has 1 saturated heterocycles. The molecule has 0 saturated carbocycles. The number of alkyl halides is 3. The van der Waals surface area contributed by atoms with Crippen molar-refractivity contribution < 1.29 is 32.5 Å². The number of hydrogen-bond acceptors (Lipinski definition) is 7. The number of carboxylic acids is 1. The third-order valence-electron chi connectivity index (χ3n) is 6.35. The van der Waals surface area contributed by atoms with Crippen LogP contribution in [0.3, 0.4) is 0 Å². The second-order valence-electron chi connectivity index (χ2n) is 8.64. The summed E-state index contributed by atoms with van der Waals surface area (Å²) in [6, 6.07) is 9.48. The Balaban J connectivity index is 1.40. The third-order valence-corrected chi connectivity index (χ3v) is 6.35. The lowest BCUT2D eigenvalue weighted by molar-refractivity contribution is -0.137. The van der Waals surface area contributed by atoms with E-state index in [1.165, 1.54) is 6.92 Å². The standard InChI is InChI=1S/C24H27F3N4O4/c1-15-20(14-22(32)33)31(29-23(15)24(25,26)27)16-3-5-18(6-4-16)35-19-8-11-30(12-9-19)17-7-10-28-21(13-17)34-2/h3-7,10,13,15,19-20H,8-9,11-12,14H2,1-2H3,(H,32,33)/t15-,20-/m0/s1. The average Bonchev–Trinajstić information content (AvgIpc) is 3.16. The van der Waals surface area contributed by atoms with Crippen LogP contribution in [0, 0.1) is 5.92 Å². The molecule has 1 aromatic carbocycles. The highest BCUT2D eigenvalue weighted by molar-refractivity contribution is 5.95. The number of halogens is 3. The Labute approximate surface area is 201 Å². The molecule has 2 atom stereocenters. The number of carbonyl (C=O) groups is 1. The Morgan fingerprint density at radius 2 is 1.83 bits per heavy atom. The fourth-order valence-electron chi connectivity index (χ4n) is 4.49. The van der Waals surface area contributed by atoms with Crippen LogP contribution in [0.2, 0.25) is 0 Å². The number of carboxylic acid groups (broad SMARTS) is 1. The van der Waals surface area contributed by atoms with Crippen LogP contribution in [0.15, 0.2) is 47.7 Å². The minimum atomic E-state index is -4.62. The van der Waals surface area contributed by atoms with Crippen LogP contribution in [-0.4, -0.2) is 60.3 Å². The van der Waals surface area contributed by atoms with Gasteiger partial charge in [-0.15, -0.1) is 0 Å². The average molecular weight is 492 g/mol. The number of aliphatic carboxylic acids is 1. The zero-order chi connectivity index (χ0) is 25.2. The predicted molar refractivity (Wildman–Crippen MR) is 124 cm³/mol. The highest BCUT2D eigenvalue weighted by atomic mass is 19.4. The molecule has 3 heterocycles. The monoisotopic (exact) mass is 492 g/mol. The number of anilines is 2. The molecule has 0 bridgehead atoms. The van der Waals surface area contributed by atoms with E-state index in [2.05, 4.69) is 15.0 Å². The Kier molecular flexibility index (Phi) is 7.04. The highest BCUT2D eigenvalue weighted by Gasteiger charge is 2.48. The summed E-state index contributed by atoms with van der Waals surface area (Å²) in [6.07, 6.45) is -1.76. The van der Waals surface area contributed by atoms with E-state index in [9.17, 15) is 23.1 Å². The molecule has 1 aromatic heterocycles. The van der Waals surface area contributed by atoms with Gasteiger partial charge in [-0.3, -0.25) is 9.80 Å². The van der Waals surface area contributed by atoms with Crippen LogP contribution < -0.4 is 19.4 Å². The van der Waals surface area contributed by atoms with Crippen molar-refractivity contribution in [3.05, 3.63) is 42.6 Å². The summed E-state index contributed by atoms with van der Waals surface area (Å²) in [6.45, 7) is 2.95. The van der Waals surface area contributed by atoms with Gasteiger partial charge in [0.05, 0.1) is 25.3 Å². The summed E-state index contributed by atoms with van der Waals surface area (Å²) in [4.78, 5) is 17.6. The number of rotatable bonds is 7. The molecular formula is C24H27F3N4O4. The van der Waals surface area contributed by atoms with Gasteiger partial charge in [-0.2, -0.15) is 18.3 Å². The van der Waals surface area contributed by atoms with E-state index in [-0.39, 0.29) is 6.10 Å². The van der Waals surface area contributed by atoms with E-state index in [4.69, 9.17) is 9.47 Å². The number of nitrogens with zero attached hydrogens (tertiary/aromatic N) is 4. The molecule has 0 unspecified atom stereocenters. The van der Waals surface area contributed by atoms with Crippen molar-refractivity contribution in [1.29, 1.82) is 0 Å². The molecular weight excluding hydrogens is 465 g/mol. The molecule has 1 fully saturated rings. The van der Waals surface area contributed by atoms with Gasteiger partial charge >= 0.3 is 12.1 Å². The fraction of sp³-hybridized carbons (Fsp3) is 0.458. The van der Waals surface area contributed by atoms with E-state index in [1.807, 2.05) is 12.1 Å². The molecule has 2 aliphatic heterocycles. The van der Waals surface area contributed by atoms with Gasteiger partial charge < -0.3 is 19.5 Å². The quantitative estimate of drug-likeness (QED) is 0.615. The summed E-state index contributed by atoms with van der Waals surface area (Å²) < 4.78 is 51.4. The zero-order valence-electron chi connectivity index (χ0n) is 19.4. The van der Waals surface area contributed by atoms with Crippen molar-refractivity contribution in [3.63, 3.8) is 0 Å². The van der Waals surface area contributed by atoms with Gasteiger partial charge in [-0.25, -0.2) is 4.98 Å². The molecule has 0 amide bonds. The van der Waals surface area contributed by atoms with Crippen LogP contribution >= 0.6 is 0 Å². The number of benzene rings is 1. The molecule has 2 aromatic rings. The number of pyridine rings is 1. The highest BCUT2D eigenvalue weighted by Crippen LogP contribution is 2.37. The first-order valence-corrected chi connectivity index (χ1v) is 11.3. The number of ether oxygens (including phenoxy) is 2. The van der Waals surface area contributed by atoms with Gasteiger partial charge in [0.15, 0.2) is 0 Å². The lowest BCUT2D eigenvalue weighted by Crippen LogP contribution is -2.38. The van der Waals surface area contributed by atoms with E-state index in [0.717, 1.165) is 36.6 Å². The summed E-state index contributed by atoms with van der Waals surface area (Å²) in [5.41, 5.74) is 0.452. The molecule has 0 spiro atoms. The fourth-order valence-corrected chi connectivity index (χ4v) is 4.49. The summed E-state index contributed by atoms with van der Waals surface area (Å²) in [5.74, 6) is -1.08. The Morgan fingerprint density at radius 3 is 2.43 bits per heavy atom. The van der Waals surface area contributed by atoms with Crippen LogP contribution in [0.1, 0.15) is 26.2 Å². The Hall–Kier alpha value is -3.50. The first-order chi connectivity index (χ1) is 16.7. The Morgan fingerprint density at radius 1 is 1.14 bits per heavy atom. The topological polar surface area (TPSA) is 87.5 Å². The van der Waals surface area contributed by atoms with Gasteiger partial charge in [-0.05, 0) is 30.3 Å². The van der Waals surface area contributed by atoms with E-state index >= 15 is 0 Å². The maximum atomic E-state index is 13.4. The summed E-state index contributed by atoms with van der Waals surface area (Å²) in [7, 11) is 1.58. The lowest BCUT2D eigenvalue weighted by atomic mass is 9.94. The van der Waals surface area contributed by atoms with Crippen molar-refractivity contribution in [1.82, 2.24) is 4.98 Å². The number of aromatic nitrogens is 1. The van der Waals surface area contributed by atoms with Gasteiger partial charge in [0, 0.05) is 49.8 Å². The van der Waals surface area contributed by atoms with E-state index in [1.54, 1.807) is 37.6 Å². The van der Waals surface area contributed by atoms with Gasteiger partial charge in [0.2, 0.25) is 5.88 Å². The Bertz CT molecular complexity index is 1070. The van der Waals surface area contributed by atoms with Crippen molar-refractivity contribution in [2.75, 3.05) is 30.1 Å². The van der Waals surface area contributed by atoms with Gasteiger partial charge in [0.25, 0.3) is 0 Å². The van der Waals surface area contributed by atoms with Crippen LogP contribution in [0.4, 0.5) is 24.5 Å². The second-order valence-corrected chi connectivity index (χ2v) is 8.64. The zero-order valence-corrected chi connectivity index (χ0v) is 19.4. The number of hydrogen-bond donors (Lipinski definition) is 1. The third kappa shape index (κ3) is 5.60. The minimum absolute atomic E-state index is 0.00209. The molecule has 8 nitrogen and oxygen atoms in total. The molecule has 1 N–H and O–H groups in total. The molecule has 0 radical (unpaired) electrons.